The van der Waals surface area contributed by atoms with Gasteiger partial charge >= 0.3 is 11.8 Å². The molecule has 0 saturated carbocycles. The Bertz CT molecular complexity index is 308. The van der Waals surface area contributed by atoms with Gasteiger partial charge in [-0.25, -0.2) is 8.78 Å². The van der Waals surface area contributed by atoms with E-state index in [4.69, 9.17) is 0 Å². The highest BCUT2D eigenvalue weighted by Crippen LogP contribution is 2.45. The summed E-state index contributed by atoms with van der Waals surface area (Å²) in [6, 6.07) is 0. The van der Waals surface area contributed by atoms with Crippen LogP contribution in [0.4, 0.5) is 26.3 Å². The molecule has 0 radical (unpaired) electrons. The van der Waals surface area contributed by atoms with Crippen LogP contribution in [-0.2, 0) is 0 Å². The van der Waals surface area contributed by atoms with E-state index in [1.165, 1.54) is 0 Å². The Morgan fingerprint density at radius 3 is 1.83 bits per heavy atom. The quantitative estimate of drug-likeness (QED) is 0.508. The molecule has 1 rings (SSSR count). The maximum atomic E-state index is 13.2. The third-order valence-electron chi connectivity index (χ3n) is 3.11. The largest absolute Gasteiger partial charge is 0.363 e. The lowest BCUT2D eigenvalue weighted by molar-refractivity contribution is -0.200. The van der Waals surface area contributed by atoms with Gasteiger partial charge in [0, 0.05) is 12.8 Å². The van der Waals surface area contributed by atoms with E-state index in [1.54, 1.807) is 0 Å². The molecule has 1 aliphatic carbocycles. The Morgan fingerprint density at radius 1 is 0.722 bits per heavy atom. The summed E-state index contributed by atoms with van der Waals surface area (Å²) in [4.78, 5) is 0. The molecular formula is C12H16F6. The average Bonchev–Trinajstić information content (AvgIpc) is 2.29. The summed E-state index contributed by atoms with van der Waals surface area (Å²) in [5.41, 5.74) is 0. The van der Waals surface area contributed by atoms with E-state index in [-0.39, 0.29) is 12.8 Å². The molecule has 1 aliphatic rings. The number of allylic oxidation sites excluding steroid dienone is 2. The summed E-state index contributed by atoms with van der Waals surface area (Å²) < 4.78 is 79.0. The first-order chi connectivity index (χ1) is 8.29. The van der Waals surface area contributed by atoms with E-state index in [0.717, 1.165) is 6.42 Å². The summed E-state index contributed by atoms with van der Waals surface area (Å²) in [6.07, 6.45) is 0.769. The van der Waals surface area contributed by atoms with Crippen LogP contribution in [0.3, 0.4) is 0 Å². The molecule has 0 spiro atoms. The lowest BCUT2D eigenvalue weighted by Gasteiger charge is -2.25. The second-order valence-corrected chi connectivity index (χ2v) is 4.62. The van der Waals surface area contributed by atoms with Gasteiger partial charge in [0.05, 0.1) is 0 Å². The minimum absolute atomic E-state index is 0.114. The summed E-state index contributed by atoms with van der Waals surface area (Å²) in [5, 5.41) is 0. The van der Waals surface area contributed by atoms with Gasteiger partial charge in [-0.05, 0) is 12.8 Å². The highest BCUT2D eigenvalue weighted by atomic mass is 19.3. The first-order valence-corrected chi connectivity index (χ1v) is 6.09. The van der Waals surface area contributed by atoms with Crippen molar-refractivity contribution in [2.24, 2.45) is 0 Å². The molecule has 0 saturated heterocycles. The first kappa shape index (κ1) is 15.4. The molecular weight excluding hydrogens is 258 g/mol. The minimum atomic E-state index is -5.05. The second-order valence-electron chi connectivity index (χ2n) is 4.62. The lowest BCUT2D eigenvalue weighted by Crippen LogP contribution is -2.41. The van der Waals surface area contributed by atoms with Gasteiger partial charge in [0.25, 0.3) is 0 Å². The molecule has 18 heavy (non-hydrogen) atoms. The average molecular weight is 274 g/mol. The maximum Gasteiger partial charge on any atom is 0.363 e. The molecule has 0 aromatic carbocycles. The van der Waals surface area contributed by atoms with E-state index >= 15 is 0 Å². The smallest absolute Gasteiger partial charge is 0.209 e. The molecule has 6 heteroatoms. The summed E-state index contributed by atoms with van der Waals surface area (Å²) in [5.74, 6) is -13.9. The normalized spacial score (nSPS) is 26.3. The van der Waals surface area contributed by atoms with E-state index in [1.807, 2.05) is 0 Å². The van der Waals surface area contributed by atoms with Crippen molar-refractivity contribution < 1.29 is 26.3 Å². The molecule has 0 fully saturated rings. The molecule has 0 N–H and O–H groups in total. The zero-order valence-corrected chi connectivity index (χ0v) is 9.92. The Morgan fingerprint density at radius 2 is 1.22 bits per heavy atom. The minimum Gasteiger partial charge on any atom is -0.209 e. The zero-order valence-electron chi connectivity index (χ0n) is 9.92. The van der Waals surface area contributed by atoms with Gasteiger partial charge in [0.1, 0.15) is 5.83 Å². The Balaban J connectivity index is 2.97. The van der Waals surface area contributed by atoms with Crippen LogP contribution in [0.15, 0.2) is 11.7 Å². The van der Waals surface area contributed by atoms with Crippen molar-refractivity contribution in [1.82, 2.24) is 0 Å². The molecule has 0 heterocycles. The molecule has 0 bridgehead atoms. The van der Waals surface area contributed by atoms with Crippen molar-refractivity contribution in [1.29, 1.82) is 0 Å². The van der Waals surface area contributed by atoms with Gasteiger partial charge in [-0.1, -0.05) is 25.7 Å². The highest BCUT2D eigenvalue weighted by Gasteiger charge is 2.60. The molecule has 0 amide bonds. The van der Waals surface area contributed by atoms with E-state index in [2.05, 4.69) is 0 Å². The number of hydrogen-bond acceptors (Lipinski definition) is 0. The van der Waals surface area contributed by atoms with Crippen molar-refractivity contribution >= 4 is 0 Å². The molecule has 0 aliphatic heterocycles. The van der Waals surface area contributed by atoms with Crippen LogP contribution in [0, 0.1) is 0 Å². The van der Waals surface area contributed by atoms with Crippen LogP contribution in [-0.4, -0.2) is 11.8 Å². The number of halogens is 6. The fourth-order valence-corrected chi connectivity index (χ4v) is 1.93. The predicted molar refractivity (Wildman–Crippen MR) is 56.1 cm³/mol. The van der Waals surface area contributed by atoms with Crippen LogP contribution in [0.25, 0.3) is 0 Å². The van der Waals surface area contributed by atoms with Crippen LogP contribution >= 0.6 is 0 Å². The number of hydrogen-bond donors (Lipinski definition) is 0. The van der Waals surface area contributed by atoms with Crippen LogP contribution in [0.2, 0.25) is 0 Å². The van der Waals surface area contributed by atoms with Crippen molar-refractivity contribution in [3.05, 3.63) is 11.7 Å². The van der Waals surface area contributed by atoms with Gasteiger partial charge in [-0.2, -0.15) is 17.6 Å². The molecule has 0 aromatic rings. The number of alkyl halides is 4. The Hall–Kier alpha value is -0.680. The SMILES string of the molecule is FC1=C(F)C(F)(F)C(F)(F)CCCCCCCC1. The first-order valence-electron chi connectivity index (χ1n) is 6.09. The van der Waals surface area contributed by atoms with Crippen molar-refractivity contribution in [2.75, 3.05) is 0 Å². The Kier molecular flexibility index (Phi) is 5.10. The van der Waals surface area contributed by atoms with Crippen LogP contribution in [0.5, 0.6) is 0 Å². The molecule has 0 atom stereocenters. The Labute approximate surface area is 102 Å². The van der Waals surface area contributed by atoms with Gasteiger partial charge in [0.15, 0.2) is 0 Å². The fourth-order valence-electron chi connectivity index (χ4n) is 1.93. The van der Waals surface area contributed by atoms with E-state index < -0.39 is 36.3 Å². The van der Waals surface area contributed by atoms with Crippen LogP contribution in [0.1, 0.15) is 51.4 Å². The van der Waals surface area contributed by atoms with Crippen molar-refractivity contribution in [3.63, 3.8) is 0 Å². The molecule has 106 valence electrons. The van der Waals surface area contributed by atoms with Crippen LogP contribution < -0.4 is 0 Å². The monoisotopic (exact) mass is 274 g/mol. The molecule has 0 unspecified atom stereocenters. The van der Waals surface area contributed by atoms with Gasteiger partial charge in [-0.3, -0.25) is 0 Å². The fraction of sp³-hybridized carbons (Fsp3) is 0.833. The van der Waals surface area contributed by atoms with Gasteiger partial charge in [-0.15, -0.1) is 0 Å². The summed E-state index contributed by atoms with van der Waals surface area (Å²) >= 11 is 0. The number of rotatable bonds is 0. The predicted octanol–water partition coefficient (Wildman–Crippen LogP) is 5.54. The second kappa shape index (κ2) is 5.97. The topological polar surface area (TPSA) is 0 Å². The van der Waals surface area contributed by atoms with Crippen molar-refractivity contribution in [2.45, 2.75) is 63.2 Å². The highest BCUT2D eigenvalue weighted by molar-refractivity contribution is 5.14. The summed E-state index contributed by atoms with van der Waals surface area (Å²) in [7, 11) is 0. The molecule has 0 nitrogen and oxygen atoms in total. The molecule has 0 aromatic heterocycles. The van der Waals surface area contributed by atoms with E-state index in [0.29, 0.717) is 19.3 Å². The standard InChI is InChI=1S/C12H16F6/c13-9-7-5-3-1-2-4-6-8-11(15,16)12(17,18)10(9)14/h1-8H2. The van der Waals surface area contributed by atoms with Crippen molar-refractivity contribution in [3.8, 4) is 0 Å². The zero-order chi connectivity index (χ0) is 13.8. The lowest BCUT2D eigenvalue weighted by atomic mass is 9.99. The third-order valence-corrected chi connectivity index (χ3v) is 3.11. The summed E-state index contributed by atoms with van der Waals surface area (Å²) in [6.45, 7) is 0. The van der Waals surface area contributed by atoms with Gasteiger partial charge < -0.3 is 0 Å². The third kappa shape index (κ3) is 3.42. The van der Waals surface area contributed by atoms with Gasteiger partial charge in [0.2, 0.25) is 5.83 Å². The van der Waals surface area contributed by atoms with E-state index in [9.17, 15) is 26.3 Å². The maximum absolute atomic E-state index is 13.2.